The lowest BCUT2D eigenvalue weighted by atomic mass is 9.92. The molecule has 0 spiro atoms. The van der Waals surface area contributed by atoms with Crippen molar-refractivity contribution in [2.75, 3.05) is 0 Å². The summed E-state index contributed by atoms with van der Waals surface area (Å²) in [5, 5.41) is 13.3. The van der Waals surface area contributed by atoms with Crippen molar-refractivity contribution in [2.24, 2.45) is 5.92 Å². The first kappa shape index (κ1) is 9.47. The van der Waals surface area contributed by atoms with Crippen LogP contribution in [0.15, 0.2) is 0 Å². The van der Waals surface area contributed by atoms with Crippen molar-refractivity contribution in [3.05, 3.63) is 0 Å². The van der Waals surface area contributed by atoms with Crippen molar-refractivity contribution >= 4 is 0 Å². The molecule has 2 fully saturated rings. The van der Waals surface area contributed by atoms with Gasteiger partial charge in [-0.05, 0) is 38.5 Å². The molecular weight excluding hydrogens is 162 g/mol. The summed E-state index contributed by atoms with van der Waals surface area (Å²) in [6, 6.07) is 1.00. The summed E-state index contributed by atoms with van der Waals surface area (Å²) in [5.74, 6) is 0.897. The fourth-order valence-electron chi connectivity index (χ4n) is 2.38. The number of aliphatic hydroxyl groups excluding tert-OH is 1. The van der Waals surface area contributed by atoms with Gasteiger partial charge in [0.1, 0.15) is 0 Å². The lowest BCUT2D eigenvalue weighted by molar-refractivity contribution is 0.0845. The Morgan fingerprint density at radius 3 is 2.46 bits per heavy atom. The number of nitrogens with one attached hydrogen (secondary N) is 1. The molecule has 2 aliphatic carbocycles. The number of hydrogen-bond acceptors (Lipinski definition) is 2. The van der Waals surface area contributed by atoms with Crippen LogP contribution in [0.3, 0.4) is 0 Å². The van der Waals surface area contributed by atoms with Gasteiger partial charge in [0.05, 0.1) is 6.10 Å². The SMILES string of the molecule is C[C@@H](N[C@@H]1CCCC[C@@H]1O)C1CC1. The third-order valence-electron chi connectivity index (χ3n) is 3.54. The highest BCUT2D eigenvalue weighted by molar-refractivity contribution is 4.89. The van der Waals surface area contributed by atoms with Crippen LogP contribution in [-0.4, -0.2) is 23.3 Å². The molecule has 0 unspecified atom stereocenters. The van der Waals surface area contributed by atoms with Crippen LogP contribution >= 0.6 is 0 Å². The maximum Gasteiger partial charge on any atom is 0.0693 e. The molecule has 2 nitrogen and oxygen atoms in total. The topological polar surface area (TPSA) is 32.3 Å². The van der Waals surface area contributed by atoms with Gasteiger partial charge in [-0.25, -0.2) is 0 Å². The molecule has 0 bridgehead atoms. The Bertz CT molecular complexity index is 167. The molecule has 0 saturated heterocycles. The molecule has 2 rings (SSSR count). The summed E-state index contributed by atoms with van der Waals surface area (Å²) in [7, 11) is 0. The normalized spacial score (nSPS) is 37.4. The fraction of sp³-hybridized carbons (Fsp3) is 1.00. The first-order valence-electron chi connectivity index (χ1n) is 5.71. The van der Waals surface area contributed by atoms with Crippen molar-refractivity contribution in [2.45, 2.75) is 63.6 Å². The molecule has 0 aromatic rings. The zero-order valence-corrected chi connectivity index (χ0v) is 8.50. The van der Waals surface area contributed by atoms with E-state index >= 15 is 0 Å². The first-order chi connectivity index (χ1) is 6.27. The van der Waals surface area contributed by atoms with Crippen LogP contribution in [0.4, 0.5) is 0 Å². The lowest BCUT2D eigenvalue weighted by Crippen LogP contribution is -2.46. The van der Waals surface area contributed by atoms with E-state index in [-0.39, 0.29) is 6.10 Å². The second-order valence-electron chi connectivity index (χ2n) is 4.75. The number of hydrogen-bond donors (Lipinski definition) is 2. The molecule has 2 saturated carbocycles. The number of aliphatic hydroxyl groups is 1. The maximum absolute atomic E-state index is 9.76. The molecule has 3 atom stereocenters. The summed E-state index contributed by atoms with van der Waals surface area (Å²) in [6.07, 6.45) is 7.33. The van der Waals surface area contributed by atoms with Crippen LogP contribution in [-0.2, 0) is 0 Å². The quantitative estimate of drug-likeness (QED) is 0.697. The second kappa shape index (κ2) is 3.97. The van der Waals surface area contributed by atoms with Gasteiger partial charge in [-0.3, -0.25) is 0 Å². The summed E-state index contributed by atoms with van der Waals surface area (Å²) in [4.78, 5) is 0. The minimum absolute atomic E-state index is 0.0880. The van der Waals surface area contributed by atoms with Gasteiger partial charge in [0.15, 0.2) is 0 Å². The molecule has 2 N–H and O–H groups in total. The van der Waals surface area contributed by atoms with E-state index in [1.165, 1.54) is 25.7 Å². The van der Waals surface area contributed by atoms with E-state index in [4.69, 9.17) is 0 Å². The zero-order valence-electron chi connectivity index (χ0n) is 8.50. The van der Waals surface area contributed by atoms with Crippen molar-refractivity contribution in [3.8, 4) is 0 Å². The highest BCUT2D eigenvalue weighted by Crippen LogP contribution is 2.33. The molecule has 2 heteroatoms. The molecule has 0 heterocycles. The predicted molar refractivity (Wildman–Crippen MR) is 53.6 cm³/mol. The van der Waals surface area contributed by atoms with Crippen LogP contribution in [0.1, 0.15) is 45.4 Å². The minimum atomic E-state index is -0.0880. The van der Waals surface area contributed by atoms with Crippen LogP contribution in [0.5, 0.6) is 0 Å². The zero-order chi connectivity index (χ0) is 9.26. The van der Waals surface area contributed by atoms with Gasteiger partial charge in [-0.1, -0.05) is 12.8 Å². The average Bonchev–Trinajstić information content (AvgIpc) is 2.91. The van der Waals surface area contributed by atoms with E-state index < -0.39 is 0 Å². The lowest BCUT2D eigenvalue weighted by Gasteiger charge is -2.31. The van der Waals surface area contributed by atoms with Crippen molar-refractivity contribution in [1.29, 1.82) is 0 Å². The first-order valence-corrected chi connectivity index (χ1v) is 5.71. The Morgan fingerprint density at radius 1 is 1.15 bits per heavy atom. The molecule has 0 aromatic heterocycles. The van der Waals surface area contributed by atoms with Gasteiger partial charge in [0.25, 0.3) is 0 Å². The Morgan fingerprint density at radius 2 is 1.85 bits per heavy atom. The van der Waals surface area contributed by atoms with E-state index in [2.05, 4.69) is 12.2 Å². The largest absolute Gasteiger partial charge is 0.392 e. The maximum atomic E-state index is 9.76. The summed E-state index contributed by atoms with van der Waals surface area (Å²) in [5.41, 5.74) is 0. The molecule has 0 aliphatic heterocycles. The number of rotatable bonds is 3. The van der Waals surface area contributed by atoms with Crippen LogP contribution < -0.4 is 5.32 Å². The van der Waals surface area contributed by atoms with Crippen molar-refractivity contribution in [1.82, 2.24) is 5.32 Å². The van der Waals surface area contributed by atoms with Crippen LogP contribution in [0, 0.1) is 5.92 Å². The van der Waals surface area contributed by atoms with E-state index in [0.717, 1.165) is 18.8 Å². The van der Waals surface area contributed by atoms with E-state index in [1.807, 2.05) is 0 Å². The summed E-state index contributed by atoms with van der Waals surface area (Å²) >= 11 is 0. The smallest absolute Gasteiger partial charge is 0.0693 e. The summed E-state index contributed by atoms with van der Waals surface area (Å²) < 4.78 is 0. The van der Waals surface area contributed by atoms with E-state index in [1.54, 1.807) is 0 Å². The Hall–Kier alpha value is -0.0800. The third-order valence-corrected chi connectivity index (χ3v) is 3.54. The van der Waals surface area contributed by atoms with Crippen LogP contribution in [0.2, 0.25) is 0 Å². The molecule has 76 valence electrons. The Kier molecular flexibility index (Phi) is 2.89. The third kappa shape index (κ3) is 2.44. The standard InChI is InChI=1S/C11H21NO/c1-8(9-6-7-9)12-10-4-2-3-5-11(10)13/h8-13H,2-7H2,1H3/t8-,10-,11+/m1/s1. The summed E-state index contributed by atoms with van der Waals surface area (Å²) in [6.45, 7) is 2.26. The van der Waals surface area contributed by atoms with Gasteiger partial charge in [-0.2, -0.15) is 0 Å². The Balaban J connectivity index is 1.77. The van der Waals surface area contributed by atoms with E-state index in [0.29, 0.717) is 12.1 Å². The Labute approximate surface area is 80.7 Å². The van der Waals surface area contributed by atoms with Gasteiger partial charge in [0, 0.05) is 12.1 Å². The van der Waals surface area contributed by atoms with Gasteiger partial charge >= 0.3 is 0 Å². The fourth-order valence-corrected chi connectivity index (χ4v) is 2.38. The van der Waals surface area contributed by atoms with Gasteiger partial charge < -0.3 is 10.4 Å². The molecule has 0 aromatic carbocycles. The van der Waals surface area contributed by atoms with E-state index in [9.17, 15) is 5.11 Å². The van der Waals surface area contributed by atoms with Gasteiger partial charge in [0.2, 0.25) is 0 Å². The predicted octanol–water partition coefficient (Wildman–Crippen LogP) is 1.68. The second-order valence-corrected chi connectivity index (χ2v) is 4.75. The molecular formula is C11H21NO. The van der Waals surface area contributed by atoms with Gasteiger partial charge in [-0.15, -0.1) is 0 Å². The highest BCUT2D eigenvalue weighted by atomic mass is 16.3. The monoisotopic (exact) mass is 183 g/mol. The van der Waals surface area contributed by atoms with Crippen LogP contribution in [0.25, 0.3) is 0 Å². The van der Waals surface area contributed by atoms with Crippen molar-refractivity contribution < 1.29 is 5.11 Å². The molecule has 0 amide bonds. The molecule has 2 aliphatic rings. The average molecular weight is 183 g/mol. The minimum Gasteiger partial charge on any atom is -0.392 e. The molecule has 0 radical (unpaired) electrons. The molecule has 13 heavy (non-hydrogen) atoms. The van der Waals surface area contributed by atoms with Crippen molar-refractivity contribution in [3.63, 3.8) is 0 Å². The highest BCUT2D eigenvalue weighted by Gasteiger charge is 2.31.